The van der Waals surface area contributed by atoms with Crippen molar-refractivity contribution in [3.05, 3.63) is 29.8 Å². The van der Waals surface area contributed by atoms with Gasteiger partial charge in [-0.05, 0) is 36.6 Å². The molecule has 1 unspecified atom stereocenters. The van der Waals surface area contributed by atoms with Gasteiger partial charge < -0.3 is 10.1 Å². The Hall–Kier alpha value is -1.02. The SMILES string of the molecule is COc1cccc([C@]23CNCC2C3)c1. The molecule has 14 heavy (non-hydrogen) atoms. The maximum absolute atomic E-state index is 5.26. The van der Waals surface area contributed by atoms with E-state index in [4.69, 9.17) is 4.74 Å². The quantitative estimate of drug-likeness (QED) is 0.762. The van der Waals surface area contributed by atoms with E-state index in [0.717, 1.165) is 18.2 Å². The highest BCUT2D eigenvalue weighted by Gasteiger charge is 2.57. The first-order valence-corrected chi connectivity index (χ1v) is 5.20. The number of piperidine rings is 1. The lowest BCUT2D eigenvalue weighted by atomic mass is 9.95. The molecule has 1 heterocycles. The van der Waals surface area contributed by atoms with Crippen LogP contribution in [0.4, 0.5) is 0 Å². The fourth-order valence-electron chi connectivity index (χ4n) is 2.72. The van der Waals surface area contributed by atoms with Gasteiger partial charge in [0.1, 0.15) is 5.75 Å². The molecular weight excluding hydrogens is 174 g/mol. The van der Waals surface area contributed by atoms with Gasteiger partial charge in [-0.2, -0.15) is 0 Å². The second-order valence-electron chi connectivity index (χ2n) is 4.42. The summed E-state index contributed by atoms with van der Waals surface area (Å²) in [5, 5.41) is 3.46. The second-order valence-corrected chi connectivity index (χ2v) is 4.42. The molecule has 1 saturated heterocycles. The zero-order valence-electron chi connectivity index (χ0n) is 8.42. The molecule has 2 heteroatoms. The molecule has 2 aliphatic rings. The summed E-state index contributed by atoms with van der Waals surface area (Å²) in [6.07, 6.45) is 1.35. The second kappa shape index (κ2) is 2.74. The van der Waals surface area contributed by atoms with Gasteiger partial charge in [0.15, 0.2) is 0 Å². The van der Waals surface area contributed by atoms with E-state index >= 15 is 0 Å². The molecule has 2 atom stereocenters. The average Bonchev–Trinajstić information content (AvgIpc) is 2.82. The van der Waals surface area contributed by atoms with Crippen LogP contribution in [0.1, 0.15) is 12.0 Å². The van der Waals surface area contributed by atoms with Crippen LogP contribution in [-0.2, 0) is 5.41 Å². The molecule has 1 aliphatic carbocycles. The topological polar surface area (TPSA) is 21.3 Å². The van der Waals surface area contributed by atoms with Gasteiger partial charge in [0.2, 0.25) is 0 Å². The summed E-state index contributed by atoms with van der Waals surface area (Å²) < 4.78 is 5.26. The summed E-state index contributed by atoms with van der Waals surface area (Å²) in [6, 6.07) is 8.53. The molecule has 1 aromatic rings. The molecule has 0 aromatic heterocycles. The highest BCUT2D eigenvalue weighted by molar-refractivity contribution is 5.41. The van der Waals surface area contributed by atoms with E-state index in [1.165, 1.54) is 18.5 Å². The van der Waals surface area contributed by atoms with E-state index in [9.17, 15) is 0 Å². The van der Waals surface area contributed by atoms with Gasteiger partial charge in [0.05, 0.1) is 7.11 Å². The van der Waals surface area contributed by atoms with E-state index in [0.29, 0.717) is 5.41 Å². The van der Waals surface area contributed by atoms with Gasteiger partial charge in [-0.3, -0.25) is 0 Å². The van der Waals surface area contributed by atoms with Crippen LogP contribution in [0.25, 0.3) is 0 Å². The summed E-state index contributed by atoms with van der Waals surface area (Å²) in [5.41, 5.74) is 1.90. The zero-order valence-corrected chi connectivity index (χ0v) is 8.42. The Labute approximate surface area is 84.3 Å². The van der Waals surface area contributed by atoms with Crippen molar-refractivity contribution in [2.75, 3.05) is 20.2 Å². The number of nitrogens with one attached hydrogen (secondary N) is 1. The fourth-order valence-corrected chi connectivity index (χ4v) is 2.72. The predicted octanol–water partition coefficient (Wildman–Crippen LogP) is 1.56. The van der Waals surface area contributed by atoms with Crippen molar-refractivity contribution in [3.8, 4) is 5.75 Å². The minimum absolute atomic E-state index is 0.453. The third-order valence-corrected chi connectivity index (χ3v) is 3.71. The maximum Gasteiger partial charge on any atom is 0.119 e. The molecule has 0 radical (unpaired) electrons. The van der Waals surface area contributed by atoms with Crippen LogP contribution >= 0.6 is 0 Å². The molecule has 1 saturated carbocycles. The summed E-state index contributed by atoms with van der Waals surface area (Å²) in [6.45, 7) is 2.34. The first kappa shape index (κ1) is 8.30. The van der Waals surface area contributed by atoms with Gasteiger partial charge in [0.25, 0.3) is 0 Å². The molecule has 0 bridgehead atoms. The van der Waals surface area contributed by atoms with Gasteiger partial charge in [0, 0.05) is 12.0 Å². The molecule has 3 rings (SSSR count). The molecule has 1 N–H and O–H groups in total. The number of methoxy groups -OCH3 is 1. The third kappa shape index (κ3) is 1.01. The van der Waals surface area contributed by atoms with Gasteiger partial charge >= 0.3 is 0 Å². The largest absolute Gasteiger partial charge is 0.497 e. The van der Waals surface area contributed by atoms with Crippen molar-refractivity contribution in [1.29, 1.82) is 0 Å². The number of hydrogen-bond donors (Lipinski definition) is 1. The Balaban J connectivity index is 1.96. The van der Waals surface area contributed by atoms with Gasteiger partial charge in [-0.25, -0.2) is 0 Å². The Bertz CT molecular complexity index is 363. The maximum atomic E-state index is 5.26. The van der Waals surface area contributed by atoms with E-state index in [-0.39, 0.29) is 0 Å². The third-order valence-electron chi connectivity index (χ3n) is 3.71. The number of hydrogen-bond acceptors (Lipinski definition) is 2. The lowest BCUT2D eigenvalue weighted by Gasteiger charge is -2.13. The Morgan fingerprint density at radius 1 is 1.50 bits per heavy atom. The molecule has 1 aromatic carbocycles. The minimum Gasteiger partial charge on any atom is -0.497 e. The first-order chi connectivity index (χ1) is 6.85. The highest BCUT2D eigenvalue weighted by atomic mass is 16.5. The monoisotopic (exact) mass is 189 g/mol. The van der Waals surface area contributed by atoms with Gasteiger partial charge in [-0.1, -0.05) is 12.1 Å². The summed E-state index contributed by atoms with van der Waals surface area (Å²) >= 11 is 0. The highest BCUT2D eigenvalue weighted by Crippen LogP contribution is 2.56. The number of ether oxygens (including phenoxy) is 1. The predicted molar refractivity (Wildman–Crippen MR) is 55.6 cm³/mol. The molecule has 0 amide bonds. The lowest BCUT2D eigenvalue weighted by Crippen LogP contribution is -2.19. The van der Waals surface area contributed by atoms with E-state index in [1.807, 2.05) is 6.07 Å². The van der Waals surface area contributed by atoms with Crippen molar-refractivity contribution >= 4 is 0 Å². The van der Waals surface area contributed by atoms with E-state index in [2.05, 4.69) is 23.5 Å². The van der Waals surface area contributed by atoms with E-state index < -0.39 is 0 Å². The summed E-state index contributed by atoms with van der Waals surface area (Å²) in [4.78, 5) is 0. The summed E-state index contributed by atoms with van der Waals surface area (Å²) in [5.74, 6) is 1.85. The van der Waals surface area contributed by atoms with Crippen molar-refractivity contribution < 1.29 is 4.74 Å². The van der Waals surface area contributed by atoms with Crippen LogP contribution in [0.3, 0.4) is 0 Å². The number of benzene rings is 1. The van der Waals surface area contributed by atoms with Crippen LogP contribution in [0.15, 0.2) is 24.3 Å². The Kier molecular flexibility index (Phi) is 1.62. The van der Waals surface area contributed by atoms with Crippen molar-refractivity contribution in [3.63, 3.8) is 0 Å². The minimum atomic E-state index is 0.453. The molecule has 2 nitrogen and oxygen atoms in total. The number of rotatable bonds is 2. The smallest absolute Gasteiger partial charge is 0.119 e. The molecule has 2 fully saturated rings. The normalized spacial score (nSPS) is 33.9. The Morgan fingerprint density at radius 2 is 2.43 bits per heavy atom. The zero-order chi connectivity index (χ0) is 9.60. The summed E-state index contributed by atoms with van der Waals surface area (Å²) in [7, 11) is 1.73. The molecule has 0 spiro atoms. The van der Waals surface area contributed by atoms with E-state index in [1.54, 1.807) is 7.11 Å². The van der Waals surface area contributed by atoms with Crippen LogP contribution in [0.5, 0.6) is 5.75 Å². The molecule has 74 valence electrons. The fraction of sp³-hybridized carbons (Fsp3) is 0.500. The van der Waals surface area contributed by atoms with Crippen molar-refractivity contribution in [1.82, 2.24) is 5.32 Å². The lowest BCUT2D eigenvalue weighted by molar-refractivity contribution is 0.413. The van der Waals surface area contributed by atoms with Crippen LogP contribution in [-0.4, -0.2) is 20.2 Å². The first-order valence-electron chi connectivity index (χ1n) is 5.20. The van der Waals surface area contributed by atoms with Gasteiger partial charge in [-0.15, -0.1) is 0 Å². The van der Waals surface area contributed by atoms with Crippen LogP contribution in [0, 0.1) is 5.92 Å². The van der Waals surface area contributed by atoms with Crippen molar-refractivity contribution in [2.24, 2.45) is 5.92 Å². The van der Waals surface area contributed by atoms with Crippen LogP contribution in [0.2, 0.25) is 0 Å². The van der Waals surface area contributed by atoms with Crippen LogP contribution < -0.4 is 10.1 Å². The molecule has 1 aliphatic heterocycles. The Morgan fingerprint density at radius 3 is 3.07 bits per heavy atom. The standard InChI is InChI=1S/C12H15NO/c1-14-11-4-2-3-9(5-11)12-6-10(12)7-13-8-12/h2-5,10,13H,6-8H2,1H3/t10?,12-/m0/s1. The molecular formula is C12H15NO. The number of fused-ring (bicyclic) bond motifs is 1. The van der Waals surface area contributed by atoms with Crippen molar-refractivity contribution in [2.45, 2.75) is 11.8 Å². The average molecular weight is 189 g/mol.